The highest BCUT2D eigenvalue weighted by Gasteiger charge is 2.16. The standard InChI is InChI=1S/C18H17N5O4S/c1-25-13-4-2-3-11(7-13)17-21-22-18(23(17)19)28-9-16(24)20-12-5-6-14-15(8-12)27-10-26-14/h2-8H,9-10,19H2,1H3,(H,20,24). The molecule has 0 radical (unpaired) electrons. The second kappa shape index (κ2) is 7.69. The van der Waals surface area contributed by atoms with Crippen molar-refractivity contribution in [2.24, 2.45) is 0 Å². The number of hydrogen-bond donors (Lipinski definition) is 2. The first-order chi connectivity index (χ1) is 13.6. The summed E-state index contributed by atoms with van der Waals surface area (Å²) >= 11 is 1.19. The smallest absolute Gasteiger partial charge is 0.234 e. The first kappa shape index (κ1) is 18.0. The van der Waals surface area contributed by atoms with Crippen molar-refractivity contribution >= 4 is 23.4 Å². The molecule has 0 aliphatic carbocycles. The number of aromatic nitrogens is 3. The van der Waals surface area contributed by atoms with E-state index >= 15 is 0 Å². The third-order valence-electron chi connectivity index (χ3n) is 3.98. The van der Waals surface area contributed by atoms with Crippen molar-refractivity contribution in [3.05, 3.63) is 42.5 Å². The minimum absolute atomic E-state index is 0.127. The maximum atomic E-state index is 12.2. The highest BCUT2D eigenvalue weighted by molar-refractivity contribution is 7.99. The number of carbonyl (C=O) groups is 1. The van der Waals surface area contributed by atoms with Crippen LogP contribution in [0.5, 0.6) is 17.2 Å². The minimum Gasteiger partial charge on any atom is -0.497 e. The summed E-state index contributed by atoms with van der Waals surface area (Å²) in [5.41, 5.74) is 1.40. The molecular weight excluding hydrogens is 382 g/mol. The second-order valence-corrected chi connectivity index (χ2v) is 6.76. The van der Waals surface area contributed by atoms with Crippen molar-refractivity contribution in [3.8, 4) is 28.6 Å². The Hall–Kier alpha value is -3.40. The van der Waals surface area contributed by atoms with Crippen molar-refractivity contribution < 1.29 is 19.0 Å². The molecule has 144 valence electrons. The monoisotopic (exact) mass is 399 g/mol. The van der Waals surface area contributed by atoms with E-state index in [2.05, 4.69) is 15.5 Å². The third kappa shape index (κ3) is 3.67. The van der Waals surface area contributed by atoms with Gasteiger partial charge in [-0.15, -0.1) is 10.2 Å². The zero-order valence-corrected chi connectivity index (χ0v) is 15.7. The summed E-state index contributed by atoms with van der Waals surface area (Å²) in [5.74, 6) is 8.47. The molecule has 1 aromatic heterocycles. The lowest BCUT2D eigenvalue weighted by molar-refractivity contribution is -0.113. The lowest BCUT2D eigenvalue weighted by Crippen LogP contribution is -2.16. The van der Waals surface area contributed by atoms with Crippen LogP contribution in [0.1, 0.15) is 0 Å². The molecule has 0 spiro atoms. The Balaban J connectivity index is 1.39. The molecule has 0 saturated carbocycles. The van der Waals surface area contributed by atoms with Gasteiger partial charge in [-0.3, -0.25) is 4.79 Å². The van der Waals surface area contributed by atoms with E-state index < -0.39 is 0 Å². The van der Waals surface area contributed by atoms with Gasteiger partial charge in [0.05, 0.1) is 12.9 Å². The van der Waals surface area contributed by atoms with Crippen LogP contribution < -0.4 is 25.4 Å². The molecule has 0 bridgehead atoms. The van der Waals surface area contributed by atoms with E-state index in [1.54, 1.807) is 25.3 Å². The Morgan fingerprint density at radius 2 is 2.11 bits per heavy atom. The molecule has 2 heterocycles. The molecule has 0 fully saturated rings. The van der Waals surface area contributed by atoms with Crippen molar-refractivity contribution in [1.29, 1.82) is 0 Å². The molecule has 2 aromatic carbocycles. The Morgan fingerprint density at radius 3 is 2.96 bits per heavy atom. The summed E-state index contributed by atoms with van der Waals surface area (Å²) in [6.45, 7) is 0.185. The van der Waals surface area contributed by atoms with Gasteiger partial charge in [-0.1, -0.05) is 23.9 Å². The van der Waals surface area contributed by atoms with Gasteiger partial charge in [-0.2, -0.15) is 0 Å². The van der Waals surface area contributed by atoms with Gasteiger partial charge >= 0.3 is 0 Å². The van der Waals surface area contributed by atoms with Gasteiger partial charge < -0.3 is 25.4 Å². The number of fused-ring (bicyclic) bond motifs is 1. The average Bonchev–Trinajstić information content (AvgIpc) is 3.32. The number of benzene rings is 2. The molecule has 10 heteroatoms. The third-order valence-corrected chi connectivity index (χ3v) is 4.92. The predicted molar refractivity (Wildman–Crippen MR) is 104 cm³/mol. The van der Waals surface area contributed by atoms with Crippen LogP contribution in [-0.2, 0) is 4.79 Å². The van der Waals surface area contributed by atoms with E-state index in [0.717, 1.165) is 5.56 Å². The number of amides is 1. The fourth-order valence-corrected chi connectivity index (χ4v) is 3.29. The maximum Gasteiger partial charge on any atom is 0.234 e. The largest absolute Gasteiger partial charge is 0.497 e. The summed E-state index contributed by atoms with van der Waals surface area (Å²) in [5, 5.41) is 11.4. The number of thioether (sulfide) groups is 1. The van der Waals surface area contributed by atoms with Gasteiger partial charge in [0.2, 0.25) is 17.9 Å². The predicted octanol–water partition coefficient (Wildman–Crippen LogP) is 2.13. The molecular formula is C18H17N5O4S. The van der Waals surface area contributed by atoms with Crippen LogP contribution in [0.4, 0.5) is 5.69 Å². The number of hydrogen-bond acceptors (Lipinski definition) is 8. The van der Waals surface area contributed by atoms with E-state index in [1.165, 1.54) is 16.4 Å². The van der Waals surface area contributed by atoms with E-state index in [4.69, 9.17) is 20.1 Å². The SMILES string of the molecule is COc1cccc(-c2nnc(SCC(=O)Nc3ccc4c(c3)OCO4)n2N)c1. The number of carbonyl (C=O) groups excluding carboxylic acids is 1. The van der Waals surface area contributed by atoms with Crippen LogP contribution in [-0.4, -0.2) is 40.4 Å². The Morgan fingerprint density at radius 1 is 1.25 bits per heavy atom. The van der Waals surface area contributed by atoms with E-state index in [9.17, 15) is 4.79 Å². The molecule has 28 heavy (non-hydrogen) atoms. The molecule has 0 saturated heterocycles. The summed E-state index contributed by atoms with van der Waals surface area (Å²) in [4.78, 5) is 12.2. The fraction of sp³-hybridized carbons (Fsp3) is 0.167. The lowest BCUT2D eigenvalue weighted by atomic mass is 10.2. The quantitative estimate of drug-likeness (QED) is 0.479. The summed E-state index contributed by atoms with van der Waals surface area (Å²) in [7, 11) is 1.59. The minimum atomic E-state index is -0.199. The molecule has 3 aromatic rings. The summed E-state index contributed by atoms with van der Waals surface area (Å²) < 4.78 is 17.1. The highest BCUT2D eigenvalue weighted by atomic mass is 32.2. The van der Waals surface area contributed by atoms with Crippen LogP contribution in [0, 0.1) is 0 Å². The van der Waals surface area contributed by atoms with Gasteiger partial charge in [0.15, 0.2) is 17.3 Å². The Labute approximate surface area is 164 Å². The van der Waals surface area contributed by atoms with E-state index in [-0.39, 0.29) is 18.5 Å². The topological polar surface area (TPSA) is 114 Å². The fourth-order valence-electron chi connectivity index (χ4n) is 2.64. The molecule has 1 amide bonds. The van der Waals surface area contributed by atoms with Gasteiger partial charge in [0, 0.05) is 17.3 Å². The van der Waals surface area contributed by atoms with Crippen molar-refractivity contribution in [3.63, 3.8) is 0 Å². The number of anilines is 1. The average molecular weight is 399 g/mol. The number of ether oxygens (including phenoxy) is 3. The number of methoxy groups -OCH3 is 1. The van der Waals surface area contributed by atoms with Gasteiger partial charge in [0.1, 0.15) is 5.75 Å². The van der Waals surface area contributed by atoms with Crippen LogP contribution in [0.2, 0.25) is 0 Å². The van der Waals surface area contributed by atoms with Crippen LogP contribution in [0.15, 0.2) is 47.6 Å². The molecule has 1 aliphatic rings. The van der Waals surface area contributed by atoms with Gasteiger partial charge in [-0.05, 0) is 24.3 Å². The van der Waals surface area contributed by atoms with Crippen molar-refractivity contribution in [1.82, 2.24) is 14.9 Å². The number of nitrogens with two attached hydrogens (primary N) is 1. The van der Waals surface area contributed by atoms with Gasteiger partial charge in [-0.25, -0.2) is 4.68 Å². The molecule has 1 aliphatic heterocycles. The number of nitrogens with one attached hydrogen (secondary N) is 1. The van der Waals surface area contributed by atoms with Crippen LogP contribution in [0.3, 0.4) is 0 Å². The second-order valence-electron chi connectivity index (χ2n) is 5.81. The maximum absolute atomic E-state index is 12.2. The molecule has 9 nitrogen and oxygen atoms in total. The van der Waals surface area contributed by atoms with Gasteiger partial charge in [0.25, 0.3) is 0 Å². The Kier molecular flexibility index (Phi) is 4.94. The lowest BCUT2D eigenvalue weighted by Gasteiger charge is -2.07. The molecule has 4 rings (SSSR count). The van der Waals surface area contributed by atoms with E-state index in [0.29, 0.717) is 33.9 Å². The first-order valence-electron chi connectivity index (χ1n) is 8.31. The summed E-state index contributed by atoms with van der Waals surface area (Å²) in [6, 6.07) is 12.6. The zero-order chi connectivity index (χ0) is 19.5. The summed E-state index contributed by atoms with van der Waals surface area (Å²) in [6.07, 6.45) is 0. The molecule has 0 unspecified atom stereocenters. The van der Waals surface area contributed by atoms with Crippen molar-refractivity contribution in [2.45, 2.75) is 5.16 Å². The van der Waals surface area contributed by atoms with Crippen LogP contribution in [0.25, 0.3) is 11.4 Å². The molecule has 3 N–H and O–H groups in total. The number of rotatable bonds is 6. The first-order valence-corrected chi connectivity index (χ1v) is 9.30. The normalized spacial score (nSPS) is 12.0. The van der Waals surface area contributed by atoms with Crippen LogP contribution >= 0.6 is 11.8 Å². The zero-order valence-electron chi connectivity index (χ0n) is 14.9. The Bertz CT molecular complexity index is 1020. The van der Waals surface area contributed by atoms with E-state index in [1.807, 2.05) is 24.3 Å². The number of nitrogens with zero attached hydrogens (tertiary/aromatic N) is 3. The highest BCUT2D eigenvalue weighted by Crippen LogP contribution is 2.34. The van der Waals surface area contributed by atoms with Crippen molar-refractivity contribution in [2.75, 3.05) is 30.8 Å². The molecule has 0 atom stereocenters. The number of nitrogen functional groups attached to an aromatic ring is 1.